The largest absolute Gasteiger partial charge is 0.494 e. The van der Waals surface area contributed by atoms with E-state index in [1.54, 1.807) is 0 Å². The van der Waals surface area contributed by atoms with Crippen LogP contribution in [0.5, 0.6) is 11.5 Å². The van der Waals surface area contributed by atoms with Gasteiger partial charge in [0.25, 0.3) is 0 Å². The summed E-state index contributed by atoms with van der Waals surface area (Å²) < 4.78 is 11.7. The lowest BCUT2D eigenvalue weighted by molar-refractivity contribution is -0.169. The molecule has 5 heteroatoms. The molecule has 1 aliphatic heterocycles. The second-order valence-electron chi connectivity index (χ2n) is 10.3. The van der Waals surface area contributed by atoms with Crippen molar-refractivity contribution in [3.8, 4) is 11.5 Å². The van der Waals surface area contributed by atoms with Crippen LogP contribution in [0.25, 0.3) is 0 Å². The van der Waals surface area contributed by atoms with E-state index in [9.17, 15) is 9.90 Å². The monoisotopic (exact) mass is 399 g/mol. The molecule has 5 aliphatic rings. The molecule has 0 spiro atoms. The third-order valence-corrected chi connectivity index (χ3v) is 7.54. The number of fused-ring (bicyclic) bond motifs is 1. The van der Waals surface area contributed by atoms with Gasteiger partial charge in [-0.2, -0.15) is 0 Å². The first-order valence-corrected chi connectivity index (χ1v) is 11.3. The number of aliphatic hydroxyl groups is 1. The molecule has 1 aromatic carbocycles. The maximum atomic E-state index is 12.9. The number of hydrogen-bond acceptors (Lipinski definition) is 4. The second kappa shape index (κ2) is 6.90. The van der Waals surface area contributed by atoms with Crippen molar-refractivity contribution in [2.75, 3.05) is 6.61 Å². The van der Waals surface area contributed by atoms with Crippen LogP contribution < -0.4 is 14.8 Å². The molecule has 1 heterocycles. The van der Waals surface area contributed by atoms with Crippen molar-refractivity contribution < 1.29 is 19.4 Å². The highest BCUT2D eigenvalue weighted by Crippen LogP contribution is 2.62. The van der Waals surface area contributed by atoms with Gasteiger partial charge in [-0.15, -0.1) is 0 Å². The average molecular weight is 400 g/mol. The summed E-state index contributed by atoms with van der Waals surface area (Å²) in [6.07, 6.45) is 7.76. The fraction of sp³-hybridized carbons (Fsp3) is 0.708. The lowest BCUT2D eigenvalue weighted by atomic mass is 9.47. The molecule has 5 nitrogen and oxygen atoms in total. The van der Waals surface area contributed by atoms with Crippen LogP contribution in [0.4, 0.5) is 0 Å². The van der Waals surface area contributed by atoms with Crippen molar-refractivity contribution in [3.05, 3.63) is 23.3 Å². The Morgan fingerprint density at radius 1 is 1.28 bits per heavy atom. The first kappa shape index (κ1) is 19.2. The van der Waals surface area contributed by atoms with Gasteiger partial charge in [-0.25, -0.2) is 0 Å². The number of amides is 1. The molecule has 0 radical (unpaired) electrons. The van der Waals surface area contributed by atoms with Crippen LogP contribution in [0.15, 0.2) is 12.1 Å². The first-order chi connectivity index (χ1) is 13.9. The highest BCUT2D eigenvalue weighted by Gasteiger charge is 2.57. The molecule has 1 aromatic rings. The van der Waals surface area contributed by atoms with Crippen LogP contribution in [0, 0.1) is 17.3 Å². The summed E-state index contributed by atoms with van der Waals surface area (Å²) >= 11 is 0. The van der Waals surface area contributed by atoms with Crippen LogP contribution >= 0.6 is 0 Å². The molecule has 4 aliphatic carbocycles. The highest BCUT2D eigenvalue weighted by atomic mass is 16.5. The molecule has 4 saturated carbocycles. The molecule has 4 fully saturated rings. The van der Waals surface area contributed by atoms with E-state index in [1.165, 1.54) is 12.0 Å². The van der Waals surface area contributed by atoms with Crippen molar-refractivity contribution >= 4 is 5.91 Å². The molecule has 158 valence electrons. The Bertz CT molecular complexity index is 805. The molecule has 3 atom stereocenters. The van der Waals surface area contributed by atoms with Crippen molar-refractivity contribution in [2.45, 2.75) is 83.5 Å². The van der Waals surface area contributed by atoms with Gasteiger partial charge in [-0.05, 0) is 81.8 Å². The van der Waals surface area contributed by atoms with Crippen LogP contribution in [0.3, 0.4) is 0 Å². The van der Waals surface area contributed by atoms with Crippen molar-refractivity contribution in [2.24, 2.45) is 17.3 Å². The van der Waals surface area contributed by atoms with Crippen LogP contribution in [-0.4, -0.2) is 29.3 Å². The van der Waals surface area contributed by atoms with E-state index in [0.717, 1.165) is 55.6 Å². The predicted octanol–water partition coefficient (Wildman–Crippen LogP) is 3.75. The topological polar surface area (TPSA) is 67.8 Å². The zero-order valence-corrected chi connectivity index (χ0v) is 17.6. The Morgan fingerprint density at radius 2 is 2.03 bits per heavy atom. The van der Waals surface area contributed by atoms with Gasteiger partial charge in [0.05, 0.1) is 12.2 Å². The normalized spacial score (nSPS) is 36.6. The molecule has 29 heavy (non-hydrogen) atoms. The van der Waals surface area contributed by atoms with Gasteiger partial charge in [0, 0.05) is 30.5 Å². The van der Waals surface area contributed by atoms with E-state index < -0.39 is 5.60 Å². The number of carbonyl (C=O) groups excluding carboxylic acids is 1. The van der Waals surface area contributed by atoms with Gasteiger partial charge in [-0.1, -0.05) is 0 Å². The molecule has 4 bridgehead atoms. The van der Waals surface area contributed by atoms with Crippen LogP contribution in [0.1, 0.15) is 69.9 Å². The van der Waals surface area contributed by atoms with E-state index in [1.807, 2.05) is 13.0 Å². The third kappa shape index (κ3) is 3.63. The standard InChI is InChI=1S/C24H33NO4/c1-3-28-20-6-18-4-15(2)29-21(18)7-19(20)13-25-22(26)12-23-8-16-5-17(9-23)11-24(27,10-16)14-23/h6-7,15-17,27H,3-5,8-14H2,1-2H3,(H,25,26). The maximum absolute atomic E-state index is 12.9. The second-order valence-corrected chi connectivity index (χ2v) is 10.3. The number of rotatable bonds is 6. The minimum absolute atomic E-state index is 0.00213. The number of ether oxygens (including phenoxy) is 2. The third-order valence-electron chi connectivity index (χ3n) is 7.54. The van der Waals surface area contributed by atoms with Crippen molar-refractivity contribution in [3.63, 3.8) is 0 Å². The highest BCUT2D eigenvalue weighted by molar-refractivity contribution is 5.77. The van der Waals surface area contributed by atoms with E-state index >= 15 is 0 Å². The maximum Gasteiger partial charge on any atom is 0.220 e. The van der Waals surface area contributed by atoms with Crippen molar-refractivity contribution in [1.29, 1.82) is 0 Å². The summed E-state index contributed by atoms with van der Waals surface area (Å²) in [7, 11) is 0. The number of carbonyl (C=O) groups is 1. The number of benzene rings is 1. The fourth-order valence-electron chi connectivity index (χ4n) is 7.12. The minimum atomic E-state index is -0.513. The summed E-state index contributed by atoms with van der Waals surface area (Å²) in [6, 6.07) is 4.09. The Labute approximate surface area is 173 Å². The summed E-state index contributed by atoms with van der Waals surface area (Å²) in [5.74, 6) is 3.05. The Morgan fingerprint density at radius 3 is 2.72 bits per heavy atom. The van der Waals surface area contributed by atoms with Gasteiger partial charge < -0.3 is 19.9 Å². The quantitative estimate of drug-likeness (QED) is 0.765. The minimum Gasteiger partial charge on any atom is -0.494 e. The fourth-order valence-corrected chi connectivity index (χ4v) is 7.12. The molecule has 2 N–H and O–H groups in total. The van der Waals surface area contributed by atoms with Gasteiger partial charge in [-0.3, -0.25) is 4.79 Å². The summed E-state index contributed by atoms with van der Waals surface area (Å²) in [5.41, 5.74) is 1.64. The lowest BCUT2D eigenvalue weighted by Crippen LogP contribution is -2.56. The average Bonchev–Trinajstić information content (AvgIpc) is 2.96. The number of nitrogens with one attached hydrogen (secondary N) is 1. The number of hydrogen-bond donors (Lipinski definition) is 2. The molecule has 3 unspecified atom stereocenters. The Hall–Kier alpha value is -1.75. The van der Waals surface area contributed by atoms with Gasteiger partial charge in [0.1, 0.15) is 17.6 Å². The van der Waals surface area contributed by atoms with E-state index in [2.05, 4.69) is 18.3 Å². The molecule has 1 amide bonds. The Kier molecular flexibility index (Phi) is 4.57. The summed E-state index contributed by atoms with van der Waals surface area (Å²) in [5, 5.41) is 14.1. The first-order valence-electron chi connectivity index (χ1n) is 11.3. The van der Waals surface area contributed by atoms with Gasteiger partial charge >= 0.3 is 0 Å². The lowest BCUT2D eigenvalue weighted by Gasteiger charge is -2.60. The SMILES string of the molecule is CCOc1cc2c(cc1CNC(=O)CC13CC4CC(CC(O)(C4)C1)C3)OC(C)C2. The molecular formula is C24H33NO4. The van der Waals surface area contributed by atoms with E-state index in [-0.39, 0.29) is 17.4 Å². The zero-order valence-electron chi connectivity index (χ0n) is 17.6. The predicted molar refractivity (Wildman–Crippen MR) is 110 cm³/mol. The summed E-state index contributed by atoms with van der Waals surface area (Å²) in [6.45, 7) is 5.10. The van der Waals surface area contributed by atoms with Gasteiger partial charge in [0.15, 0.2) is 0 Å². The van der Waals surface area contributed by atoms with Crippen molar-refractivity contribution in [1.82, 2.24) is 5.32 Å². The smallest absolute Gasteiger partial charge is 0.220 e. The van der Waals surface area contributed by atoms with Crippen LogP contribution in [0.2, 0.25) is 0 Å². The van der Waals surface area contributed by atoms with Gasteiger partial charge in [0.2, 0.25) is 5.91 Å². The summed E-state index contributed by atoms with van der Waals surface area (Å²) in [4.78, 5) is 12.9. The van der Waals surface area contributed by atoms with E-state index in [4.69, 9.17) is 9.47 Å². The van der Waals surface area contributed by atoms with Crippen LogP contribution in [-0.2, 0) is 17.8 Å². The molecule has 6 rings (SSSR count). The zero-order chi connectivity index (χ0) is 20.2. The molecule has 0 saturated heterocycles. The molecular weight excluding hydrogens is 366 g/mol. The molecule has 0 aromatic heterocycles. The Balaban J connectivity index is 1.26. The van der Waals surface area contributed by atoms with E-state index in [0.29, 0.717) is 31.4 Å².